The average molecular weight is 423 g/mol. The van der Waals surface area contributed by atoms with E-state index in [4.69, 9.17) is 18.9 Å². The van der Waals surface area contributed by atoms with E-state index in [1.54, 1.807) is 14.2 Å². The molecule has 0 bridgehead atoms. The van der Waals surface area contributed by atoms with E-state index >= 15 is 0 Å². The van der Waals surface area contributed by atoms with Crippen LogP contribution in [0.25, 0.3) is 0 Å². The lowest BCUT2D eigenvalue weighted by Gasteiger charge is -2.32. The second kappa shape index (κ2) is 11.2. The molecule has 1 rings (SSSR count). The van der Waals surface area contributed by atoms with Gasteiger partial charge < -0.3 is 18.9 Å². The molecule has 0 aliphatic rings. The van der Waals surface area contributed by atoms with Crippen LogP contribution in [0, 0.1) is 0 Å². The van der Waals surface area contributed by atoms with Crippen LogP contribution in [-0.4, -0.2) is 40.4 Å². The summed E-state index contributed by atoms with van der Waals surface area (Å²) < 4.78 is 21.0. The van der Waals surface area contributed by atoms with Crippen LogP contribution < -0.4 is 9.47 Å². The lowest BCUT2D eigenvalue weighted by molar-refractivity contribution is -0.141. The van der Waals surface area contributed by atoms with Crippen molar-refractivity contribution in [2.24, 2.45) is 0 Å². The van der Waals surface area contributed by atoms with Crippen molar-refractivity contribution in [3.63, 3.8) is 0 Å². The second-order valence-electron chi connectivity index (χ2n) is 8.88. The number of hydrogen-bond donors (Lipinski definition) is 0. The molecule has 0 saturated carbocycles. The standard InChI is InChI=1S/C24H38O6/c1-23(2,13-9-11-21(25)29-7)17-15-20(28-6)18(16-19(17)27-5)24(3,4)14-10-12-22(26)30-8/h15-16H,9-14H2,1-8H3. The number of carbonyl (C=O) groups is 2. The molecule has 0 aliphatic heterocycles. The molecule has 0 N–H and O–H groups in total. The van der Waals surface area contributed by atoms with Gasteiger partial charge in [-0.1, -0.05) is 27.7 Å². The molecule has 30 heavy (non-hydrogen) atoms. The number of esters is 2. The van der Waals surface area contributed by atoms with Gasteiger partial charge in [0.1, 0.15) is 11.5 Å². The van der Waals surface area contributed by atoms with E-state index in [0.717, 1.165) is 48.3 Å². The predicted molar refractivity (Wildman–Crippen MR) is 117 cm³/mol. The Morgan fingerprint density at radius 1 is 0.700 bits per heavy atom. The fourth-order valence-corrected chi connectivity index (χ4v) is 3.78. The van der Waals surface area contributed by atoms with Gasteiger partial charge in [-0.15, -0.1) is 0 Å². The summed E-state index contributed by atoms with van der Waals surface area (Å²) in [5, 5.41) is 0. The van der Waals surface area contributed by atoms with Gasteiger partial charge >= 0.3 is 11.9 Å². The van der Waals surface area contributed by atoms with Crippen LogP contribution in [0.5, 0.6) is 11.5 Å². The largest absolute Gasteiger partial charge is 0.496 e. The Balaban J connectivity index is 3.16. The molecule has 0 fully saturated rings. The van der Waals surface area contributed by atoms with Crippen molar-refractivity contribution in [2.45, 2.75) is 77.0 Å². The first-order valence-corrected chi connectivity index (χ1v) is 10.4. The van der Waals surface area contributed by atoms with Crippen molar-refractivity contribution in [2.75, 3.05) is 28.4 Å². The molecule has 1 aromatic carbocycles. The monoisotopic (exact) mass is 422 g/mol. The summed E-state index contributed by atoms with van der Waals surface area (Å²) in [6.45, 7) is 8.57. The van der Waals surface area contributed by atoms with E-state index in [-0.39, 0.29) is 22.8 Å². The number of methoxy groups -OCH3 is 4. The van der Waals surface area contributed by atoms with Crippen LogP contribution in [0.3, 0.4) is 0 Å². The van der Waals surface area contributed by atoms with Crippen molar-refractivity contribution in [1.82, 2.24) is 0 Å². The minimum absolute atomic E-state index is 0.195. The third-order valence-corrected chi connectivity index (χ3v) is 5.80. The molecule has 0 saturated heterocycles. The van der Waals surface area contributed by atoms with Crippen molar-refractivity contribution in [3.05, 3.63) is 23.3 Å². The number of ether oxygens (including phenoxy) is 4. The van der Waals surface area contributed by atoms with Gasteiger partial charge in [0.25, 0.3) is 0 Å². The Labute approximate surface area is 181 Å². The van der Waals surface area contributed by atoms with Crippen molar-refractivity contribution >= 4 is 11.9 Å². The third-order valence-electron chi connectivity index (χ3n) is 5.80. The van der Waals surface area contributed by atoms with E-state index in [0.29, 0.717) is 12.8 Å². The smallest absolute Gasteiger partial charge is 0.305 e. The van der Waals surface area contributed by atoms with E-state index in [9.17, 15) is 9.59 Å². The van der Waals surface area contributed by atoms with Crippen molar-refractivity contribution < 1.29 is 28.5 Å². The summed E-state index contributed by atoms with van der Waals surface area (Å²) in [5.74, 6) is 1.21. The first kappa shape index (κ1) is 25.8. The molecule has 0 atom stereocenters. The van der Waals surface area contributed by atoms with Gasteiger partial charge in [0, 0.05) is 24.0 Å². The molecule has 0 heterocycles. The van der Waals surface area contributed by atoms with E-state index < -0.39 is 0 Å². The maximum Gasteiger partial charge on any atom is 0.305 e. The minimum Gasteiger partial charge on any atom is -0.496 e. The van der Waals surface area contributed by atoms with Gasteiger partial charge in [-0.25, -0.2) is 0 Å². The predicted octanol–water partition coefficient (Wildman–Crippen LogP) is 4.95. The summed E-state index contributed by atoms with van der Waals surface area (Å²) in [6, 6.07) is 4.10. The zero-order chi connectivity index (χ0) is 22.9. The van der Waals surface area contributed by atoms with Crippen LogP contribution in [0.2, 0.25) is 0 Å². The summed E-state index contributed by atoms with van der Waals surface area (Å²) in [7, 11) is 6.16. The van der Waals surface area contributed by atoms with E-state index in [1.807, 2.05) is 12.1 Å². The summed E-state index contributed by atoms with van der Waals surface area (Å²) in [6.07, 6.45) is 3.86. The quantitative estimate of drug-likeness (QED) is 0.444. The van der Waals surface area contributed by atoms with Gasteiger partial charge in [-0.05, 0) is 48.6 Å². The second-order valence-corrected chi connectivity index (χ2v) is 8.88. The van der Waals surface area contributed by atoms with Crippen LogP contribution in [0.4, 0.5) is 0 Å². The molecular weight excluding hydrogens is 384 g/mol. The zero-order valence-corrected chi connectivity index (χ0v) is 19.8. The highest BCUT2D eigenvalue weighted by Crippen LogP contribution is 2.44. The minimum atomic E-state index is -0.208. The fraction of sp³-hybridized carbons (Fsp3) is 0.667. The topological polar surface area (TPSA) is 71.1 Å². The first-order valence-electron chi connectivity index (χ1n) is 10.4. The SMILES string of the molecule is COC(=O)CCCC(C)(C)c1cc(OC)c(C(C)(C)CCCC(=O)OC)cc1OC. The molecule has 6 nitrogen and oxygen atoms in total. The van der Waals surface area contributed by atoms with Gasteiger partial charge in [0.05, 0.1) is 28.4 Å². The molecule has 0 aliphatic carbocycles. The van der Waals surface area contributed by atoms with Gasteiger partial charge in [-0.2, -0.15) is 0 Å². The molecule has 0 radical (unpaired) electrons. The Morgan fingerprint density at radius 2 is 1.03 bits per heavy atom. The van der Waals surface area contributed by atoms with Gasteiger partial charge in [0.15, 0.2) is 0 Å². The Kier molecular flexibility index (Phi) is 9.66. The van der Waals surface area contributed by atoms with Crippen LogP contribution in [-0.2, 0) is 29.9 Å². The molecule has 0 unspecified atom stereocenters. The number of rotatable bonds is 12. The van der Waals surface area contributed by atoms with Gasteiger partial charge in [-0.3, -0.25) is 9.59 Å². The average Bonchev–Trinajstić information content (AvgIpc) is 2.71. The van der Waals surface area contributed by atoms with Crippen LogP contribution in [0.1, 0.15) is 77.3 Å². The molecule has 6 heteroatoms. The molecular formula is C24H38O6. The van der Waals surface area contributed by atoms with E-state index in [2.05, 4.69) is 27.7 Å². The Bertz CT molecular complexity index is 659. The number of benzene rings is 1. The molecule has 0 spiro atoms. The van der Waals surface area contributed by atoms with E-state index in [1.165, 1.54) is 14.2 Å². The lowest BCUT2D eigenvalue weighted by atomic mass is 9.75. The highest BCUT2D eigenvalue weighted by Gasteiger charge is 2.31. The maximum atomic E-state index is 11.5. The lowest BCUT2D eigenvalue weighted by Crippen LogP contribution is -2.22. The number of carbonyl (C=O) groups excluding carboxylic acids is 2. The normalized spacial score (nSPS) is 11.7. The highest BCUT2D eigenvalue weighted by molar-refractivity contribution is 5.69. The van der Waals surface area contributed by atoms with Crippen LogP contribution in [0.15, 0.2) is 12.1 Å². The summed E-state index contributed by atoms with van der Waals surface area (Å²) in [4.78, 5) is 22.9. The van der Waals surface area contributed by atoms with Crippen molar-refractivity contribution in [3.8, 4) is 11.5 Å². The van der Waals surface area contributed by atoms with Crippen LogP contribution >= 0.6 is 0 Å². The zero-order valence-electron chi connectivity index (χ0n) is 19.8. The molecule has 1 aromatic rings. The molecule has 0 aromatic heterocycles. The molecule has 0 amide bonds. The third kappa shape index (κ3) is 6.92. The molecule has 170 valence electrons. The fourth-order valence-electron chi connectivity index (χ4n) is 3.78. The maximum absolute atomic E-state index is 11.5. The summed E-state index contributed by atoms with van der Waals surface area (Å²) in [5.41, 5.74) is 1.67. The Hall–Kier alpha value is -2.24. The van der Waals surface area contributed by atoms with Gasteiger partial charge in [0.2, 0.25) is 0 Å². The summed E-state index contributed by atoms with van der Waals surface area (Å²) >= 11 is 0. The number of hydrogen-bond acceptors (Lipinski definition) is 6. The first-order chi connectivity index (χ1) is 14.0. The Morgan fingerprint density at radius 3 is 1.30 bits per heavy atom. The van der Waals surface area contributed by atoms with Crippen molar-refractivity contribution in [1.29, 1.82) is 0 Å². The highest BCUT2D eigenvalue weighted by atomic mass is 16.5.